The number of thiophene rings is 1. The Morgan fingerprint density at radius 2 is 2.38 bits per heavy atom. The van der Waals surface area contributed by atoms with E-state index in [2.05, 4.69) is 30.6 Å². The van der Waals surface area contributed by atoms with E-state index in [0.717, 1.165) is 0 Å². The molecule has 0 saturated heterocycles. The largest absolute Gasteiger partial charge is 0.312 e. The maximum Gasteiger partial charge on any atom is 0.0420 e. The molecule has 0 saturated carbocycles. The van der Waals surface area contributed by atoms with E-state index in [9.17, 15) is 0 Å². The van der Waals surface area contributed by atoms with Gasteiger partial charge in [0, 0.05) is 16.7 Å². The fourth-order valence-electron chi connectivity index (χ4n) is 1.32. The molecule has 1 nitrogen and oxygen atoms in total. The second-order valence-electron chi connectivity index (χ2n) is 2.93. The van der Waals surface area contributed by atoms with Crippen LogP contribution in [0.3, 0.4) is 0 Å². The zero-order valence-corrected chi connectivity index (χ0v) is 10.1. The molecule has 0 radical (unpaired) electrons. The number of nitrogens with one attached hydrogen (secondary N) is 1. The number of aryl methyl sites for hydroxylation is 1. The van der Waals surface area contributed by atoms with Gasteiger partial charge in [-0.15, -0.1) is 11.3 Å². The van der Waals surface area contributed by atoms with E-state index in [1.54, 1.807) is 0 Å². The highest BCUT2D eigenvalue weighted by atomic mass is 32.2. The fourth-order valence-corrected chi connectivity index (χ4v) is 2.90. The summed E-state index contributed by atoms with van der Waals surface area (Å²) in [6.07, 6.45) is 0. The lowest BCUT2D eigenvalue weighted by molar-refractivity contribution is 0.661. The lowest BCUT2D eigenvalue weighted by Gasteiger charge is -2.15. The standard InChI is InChI=1S/C10H17NS2/c1-4-12-7-10(11-3)9-5-6-13-8(9)2/h5-6,10-11H,4,7H2,1-3H3. The van der Waals surface area contributed by atoms with Crippen molar-refractivity contribution in [3.63, 3.8) is 0 Å². The van der Waals surface area contributed by atoms with E-state index in [1.807, 2.05) is 30.1 Å². The smallest absolute Gasteiger partial charge is 0.0420 e. The Hall–Kier alpha value is 0.01000. The molecule has 0 spiro atoms. The molecule has 74 valence electrons. The zero-order chi connectivity index (χ0) is 9.68. The summed E-state index contributed by atoms with van der Waals surface area (Å²) in [5, 5.41) is 5.54. The predicted molar refractivity (Wildman–Crippen MR) is 63.9 cm³/mol. The summed E-state index contributed by atoms with van der Waals surface area (Å²) in [6, 6.07) is 2.76. The lowest BCUT2D eigenvalue weighted by atomic mass is 10.1. The average molecular weight is 215 g/mol. The van der Waals surface area contributed by atoms with Gasteiger partial charge in [0.15, 0.2) is 0 Å². The Bertz CT molecular complexity index is 245. The highest BCUT2D eigenvalue weighted by Crippen LogP contribution is 2.24. The van der Waals surface area contributed by atoms with Crippen LogP contribution in [0.5, 0.6) is 0 Å². The number of rotatable bonds is 5. The molecule has 1 aromatic rings. The van der Waals surface area contributed by atoms with Crippen LogP contribution in [0.1, 0.15) is 23.4 Å². The molecule has 0 fully saturated rings. The zero-order valence-electron chi connectivity index (χ0n) is 8.46. The van der Waals surface area contributed by atoms with Crippen LogP contribution < -0.4 is 5.32 Å². The van der Waals surface area contributed by atoms with Crippen molar-refractivity contribution < 1.29 is 0 Å². The number of thioether (sulfide) groups is 1. The fraction of sp³-hybridized carbons (Fsp3) is 0.600. The van der Waals surface area contributed by atoms with Crippen molar-refractivity contribution in [2.24, 2.45) is 0 Å². The molecule has 0 aliphatic carbocycles. The monoisotopic (exact) mass is 215 g/mol. The second-order valence-corrected chi connectivity index (χ2v) is 5.37. The summed E-state index contributed by atoms with van der Waals surface area (Å²) in [5.74, 6) is 2.37. The van der Waals surface area contributed by atoms with Gasteiger partial charge in [-0.05, 0) is 36.7 Å². The van der Waals surface area contributed by atoms with Crippen molar-refractivity contribution in [1.82, 2.24) is 5.32 Å². The molecule has 1 unspecified atom stereocenters. The number of hydrogen-bond acceptors (Lipinski definition) is 3. The molecule has 1 N–H and O–H groups in total. The third-order valence-corrected chi connectivity index (χ3v) is 3.95. The quantitative estimate of drug-likeness (QED) is 0.810. The van der Waals surface area contributed by atoms with Crippen LogP contribution in [0.4, 0.5) is 0 Å². The summed E-state index contributed by atoms with van der Waals surface area (Å²) >= 11 is 3.82. The predicted octanol–water partition coefficient (Wildman–Crippen LogP) is 3.07. The van der Waals surface area contributed by atoms with E-state index >= 15 is 0 Å². The Kier molecular flexibility index (Phi) is 4.84. The molecule has 0 aliphatic rings. The van der Waals surface area contributed by atoms with Gasteiger partial charge in [0.25, 0.3) is 0 Å². The van der Waals surface area contributed by atoms with Crippen molar-refractivity contribution in [2.75, 3.05) is 18.6 Å². The van der Waals surface area contributed by atoms with Crippen LogP contribution in [0, 0.1) is 6.92 Å². The normalized spacial score (nSPS) is 13.2. The van der Waals surface area contributed by atoms with Crippen LogP contribution in [0.15, 0.2) is 11.4 Å². The van der Waals surface area contributed by atoms with Crippen LogP contribution in [-0.4, -0.2) is 18.6 Å². The second kappa shape index (κ2) is 5.68. The molecule has 0 aliphatic heterocycles. The van der Waals surface area contributed by atoms with Crippen LogP contribution >= 0.6 is 23.1 Å². The summed E-state index contributed by atoms with van der Waals surface area (Å²) < 4.78 is 0. The van der Waals surface area contributed by atoms with Crippen molar-refractivity contribution in [1.29, 1.82) is 0 Å². The summed E-state index contributed by atoms with van der Waals surface area (Å²) in [6.45, 7) is 4.40. The van der Waals surface area contributed by atoms with Gasteiger partial charge >= 0.3 is 0 Å². The molecule has 0 amide bonds. The van der Waals surface area contributed by atoms with Gasteiger partial charge in [0.2, 0.25) is 0 Å². The van der Waals surface area contributed by atoms with E-state index in [4.69, 9.17) is 0 Å². The van der Waals surface area contributed by atoms with E-state index < -0.39 is 0 Å². The van der Waals surface area contributed by atoms with Gasteiger partial charge in [-0.3, -0.25) is 0 Å². The lowest BCUT2D eigenvalue weighted by Crippen LogP contribution is -2.18. The van der Waals surface area contributed by atoms with Gasteiger partial charge in [0.05, 0.1) is 0 Å². The molecule has 13 heavy (non-hydrogen) atoms. The molecule has 3 heteroatoms. The van der Waals surface area contributed by atoms with Crippen LogP contribution in [-0.2, 0) is 0 Å². The molecule has 1 heterocycles. The first-order valence-corrected chi connectivity index (χ1v) is 6.62. The first-order chi connectivity index (χ1) is 6.29. The molecular formula is C10H17NS2. The summed E-state index contributed by atoms with van der Waals surface area (Å²) in [7, 11) is 2.04. The van der Waals surface area contributed by atoms with Crippen LogP contribution in [0.2, 0.25) is 0 Å². The van der Waals surface area contributed by atoms with Crippen molar-refractivity contribution in [3.05, 3.63) is 21.9 Å². The third kappa shape index (κ3) is 3.01. The molecular weight excluding hydrogens is 198 g/mol. The van der Waals surface area contributed by atoms with Gasteiger partial charge in [-0.2, -0.15) is 11.8 Å². The van der Waals surface area contributed by atoms with Crippen molar-refractivity contribution in [2.45, 2.75) is 19.9 Å². The van der Waals surface area contributed by atoms with E-state index in [0.29, 0.717) is 6.04 Å². The summed E-state index contributed by atoms with van der Waals surface area (Å²) in [4.78, 5) is 1.44. The minimum absolute atomic E-state index is 0.524. The average Bonchev–Trinajstić information content (AvgIpc) is 2.54. The Balaban J connectivity index is 2.61. The van der Waals surface area contributed by atoms with Crippen molar-refractivity contribution in [3.8, 4) is 0 Å². The van der Waals surface area contributed by atoms with Gasteiger partial charge < -0.3 is 5.32 Å². The van der Waals surface area contributed by atoms with Gasteiger partial charge in [-0.1, -0.05) is 6.92 Å². The SMILES string of the molecule is CCSCC(NC)c1ccsc1C. The molecule has 1 aromatic heterocycles. The minimum Gasteiger partial charge on any atom is -0.312 e. The highest BCUT2D eigenvalue weighted by Gasteiger charge is 2.11. The van der Waals surface area contributed by atoms with Crippen molar-refractivity contribution >= 4 is 23.1 Å². The topological polar surface area (TPSA) is 12.0 Å². The molecule has 0 aromatic carbocycles. The number of hydrogen-bond donors (Lipinski definition) is 1. The first kappa shape index (κ1) is 11.1. The van der Waals surface area contributed by atoms with E-state index in [1.165, 1.54) is 21.9 Å². The maximum atomic E-state index is 3.37. The summed E-state index contributed by atoms with van der Waals surface area (Å²) in [5.41, 5.74) is 1.47. The Labute approximate surface area is 88.9 Å². The maximum absolute atomic E-state index is 3.37. The molecule has 0 bridgehead atoms. The molecule has 1 atom stereocenters. The van der Waals surface area contributed by atoms with Crippen LogP contribution in [0.25, 0.3) is 0 Å². The first-order valence-electron chi connectivity index (χ1n) is 4.58. The Morgan fingerprint density at radius 3 is 2.85 bits per heavy atom. The minimum atomic E-state index is 0.524. The van der Waals surface area contributed by atoms with Gasteiger partial charge in [-0.25, -0.2) is 0 Å². The Morgan fingerprint density at radius 1 is 1.62 bits per heavy atom. The van der Waals surface area contributed by atoms with E-state index in [-0.39, 0.29) is 0 Å². The third-order valence-electron chi connectivity index (χ3n) is 2.11. The molecule has 1 rings (SSSR count). The van der Waals surface area contributed by atoms with Gasteiger partial charge in [0.1, 0.15) is 0 Å². The highest BCUT2D eigenvalue weighted by molar-refractivity contribution is 7.99.